The van der Waals surface area contributed by atoms with Crippen LogP contribution in [0.1, 0.15) is 0 Å². The molecule has 0 aliphatic rings. The van der Waals surface area contributed by atoms with Crippen LogP contribution in [0.2, 0.25) is 0 Å². The van der Waals surface area contributed by atoms with Gasteiger partial charge in [-0.05, 0) is 48.5 Å². The number of fused-ring (bicyclic) bond motifs is 8. The summed E-state index contributed by atoms with van der Waals surface area (Å²) in [5, 5.41) is 3.21. The number of hydrogen-bond acceptors (Lipinski definition) is 5. The zero-order valence-corrected chi connectivity index (χ0v) is 25.6. The fraction of sp³-hybridized carbons (Fsp3) is 0. The van der Waals surface area contributed by atoms with Crippen LogP contribution in [0.25, 0.3) is 89.5 Å². The topological polar surface area (TPSA) is 73.8 Å². The average molecular weight is 616 g/mol. The van der Waals surface area contributed by atoms with Crippen LogP contribution in [-0.4, -0.2) is 33.9 Å². The Balaban J connectivity index is 1.25. The lowest BCUT2D eigenvalue weighted by Crippen LogP contribution is -2.06. The molecule has 0 spiro atoms. The van der Waals surface area contributed by atoms with Gasteiger partial charge >= 0.3 is 0 Å². The molecular weight excluding hydrogens is 591 g/mol. The molecule has 0 saturated heterocycles. The summed E-state index contributed by atoms with van der Waals surface area (Å²) in [6, 6.07) is 51.5. The van der Waals surface area contributed by atoms with Crippen LogP contribution >= 0.6 is 0 Å². The zero-order chi connectivity index (χ0) is 31.6. The van der Waals surface area contributed by atoms with Crippen molar-refractivity contribution in [1.29, 1.82) is 0 Å². The molecule has 0 saturated carbocycles. The maximum Gasteiger partial charge on any atom is 0.221 e. The number of benzene rings is 6. The molecule has 7 nitrogen and oxygen atoms in total. The molecule has 4 aromatic heterocycles. The minimum atomic E-state index is 0.619. The molecule has 0 unspecified atom stereocenters. The molecule has 48 heavy (non-hydrogen) atoms. The van der Waals surface area contributed by atoms with Gasteiger partial charge in [0.25, 0.3) is 0 Å². The van der Waals surface area contributed by atoms with E-state index in [0.29, 0.717) is 17.5 Å². The fourth-order valence-corrected chi connectivity index (χ4v) is 6.74. The van der Waals surface area contributed by atoms with Crippen LogP contribution in [0, 0.1) is 0 Å². The van der Waals surface area contributed by atoms with Crippen molar-refractivity contribution in [2.24, 2.45) is 0 Å². The maximum absolute atomic E-state index is 5.29. The molecular formula is C41H25N7. The Morgan fingerprint density at radius 3 is 1.60 bits per heavy atom. The number of nitrogens with zero attached hydrogens (tertiary/aromatic N) is 7. The monoisotopic (exact) mass is 615 g/mol. The predicted molar refractivity (Wildman–Crippen MR) is 192 cm³/mol. The van der Waals surface area contributed by atoms with Gasteiger partial charge in [0.15, 0.2) is 17.5 Å². The Morgan fingerprint density at radius 2 is 0.896 bits per heavy atom. The second-order valence-corrected chi connectivity index (χ2v) is 11.8. The van der Waals surface area contributed by atoms with Crippen molar-refractivity contribution in [3.05, 3.63) is 152 Å². The quantitative estimate of drug-likeness (QED) is 0.197. The van der Waals surface area contributed by atoms with Gasteiger partial charge in [0.2, 0.25) is 5.95 Å². The van der Waals surface area contributed by atoms with Crippen LogP contribution < -0.4 is 0 Å². The first kappa shape index (κ1) is 26.5. The Hall–Kier alpha value is -6.73. The fourth-order valence-electron chi connectivity index (χ4n) is 6.74. The number of para-hydroxylation sites is 4. The van der Waals surface area contributed by atoms with Gasteiger partial charge in [0.05, 0.1) is 27.6 Å². The summed E-state index contributed by atoms with van der Waals surface area (Å²) in [5.74, 6) is 2.68. The molecule has 0 amide bonds. The summed E-state index contributed by atoms with van der Waals surface area (Å²) in [6.45, 7) is 0. The van der Waals surface area contributed by atoms with E-state index < -0.39 is 0 Å². The summed E-state index contributed by atoms with van der Waals surface area (Å²) in [6.07, 6.45) is 0. The standard InChI is InChI=1S/C41H25N7/c1-3-13-26(14-4-1)37-44-38(27-15-5-2-6-16-27)46-39(45-37)28-23-24-35-31(25-28)29-17-8-11-21-34(29)47(35)41-43-32-19-9-7-18-30(32)40-42-33-20-10-12-22-36(33)48(40)41/h1-25H. The van der Waals surface area contributed by atoms with Crippen molar-refractivity contribution in [3.63, 3.8) is 0 Å². The zero-order valence-electron chi connectivity index (χ0n) is 25.6. The molecule has 0 aliphatic carbocycles. The molecule has 4 heterocycles. The van der Waals surface area contributed by atoms with Crippen molar-refractivity contribution in [1.82, 2.24) is 33.9 Å². The second-order valence-electron chi connectivity index (χ2n) is 11.8. The summed E-state index contributed by atoms with van der Waals surface area (Å²) in [4.78, 5) is 25.3. The lowest BCUT2D eigenvalue weighted by molar-refractivity contribution is 0.979. The highest BCUT2D eigenvalue weighted by Gasteiger charge is 2.21. The lowest BCUT2D eigenvalue weighted by Gasteiger charge is -2.12. The average Bonchev–Trinajstić information content (AvgIpc) is 3.71. The van der Waals surface area contributed by atoms with Gasteiger partial charge in [0, 0.05) is 32.8 Å². The third-order valence-corrected chi connectivity index (χ3v) is 8.96. The minimum absolute atomic E-state index is 0.619. The largest absolute Gasteiger partial charge is 0.279 e. The summed E-state index contributed by atoms with van der Waals surface area (Å²) >= 11 is 0. The molecule has 0 N–H and O–H groups in total. The van der Waals surface area contributed by atoms with E-state index in [1.165, 1.54) is 0 Å². The van der Waals surface area contributed by atoms with Gasteiger partial charge in [-0.25, -0.2) is 24.9 Å². The normalized spacial score (nSPS) is 11.8. The summed E-state index contributed by atoms with van der Waals surface area (Å²) in [7, 11) is 0. The summed E-state index contributed by atoms with van der Waals surface area (Å²) < 4.78 is 4.43. The number of aromatic nitrogens is 7. The van der Waals surface area contributed by atoms with E-state index in [1.807, 2.05) is 78.9 Å². The molecule has 7 heteroatoms. The van der Waals surface area contributed by atoms with Gasteiger partial charge in [-0.1, -0.05) is 103 Å². The Kier molecular flexibility index (Phi) is 5.74. The third-order valence-electron chi connectivity index (χ3n) is 8.96. The minimum Gasteiger partial charge on any atom is -0.279 e. The molecule has 224 valence electrons. The van der Waals surface area contributed by atoms with Crippen molar-refractivity contribution >= 4 is 49.4 Å². The van der Waals surface area contributed by atoms with Crippen molar-refractivity contribution in [2.45, 2.75) is 0 Å². The van der Waals surface area contributed by atoms with Gasteiger partial charge in [-0.15, -0.1) is 0 Å². The first-order valence-electron chi connectivity index (χ1n) is 15.9. The van der Waals surface area contributed by atoms with Crippen LogP contribution in [0.5, 0.6) is 0 Å². The van der Waals surface area contributed by atoms with Crippen LogP contribution in [-0.2, 0) is 0 Å². The highest BCUT2D eigenvalue weighted by molar-refractivity contribution is 6.10. The van der Waals surface area contributed by atoms with E-state index in [2.05, 4.69) is 81.8 Å². The van der Waals surface area contributed by atoms with Gasteiger partial charge in [-0.3, -0.25) is 8.97 Å². The van der Waals surface area contributed by atoms with Crippen molar-refractivity contribution < 1.29 is 0 Å². The van der Waals surface area contributed by atoms with E-state index >= 15 is 0 Å². The van der Waals surface area contributed by atoms with E-state index in [0.717, 1.165) is 72.0 Å². The first-order chi connectivity index (χ1) is 23.8. The summed E-state index contributed by atoms with van der Waals surface area (Å²) in [5.41, 5.74) is 8.58. The van der Waals surface area contributed by atoms with Crippen LogP contribution in [0.3, 0.4) is 0 Å². The molecule has 6 aromatic carbocycles. The molecule has 10 aromatic rings. The Bertz CT molecular complexity index is 2780. The SMILES string of the molecule is c1ccc(-c2nc(-c3ccccc3)nc(-c3ccc4c(c3)c3ccccc3n4-c3nc4ccccc4c4nc5ccccc5n34)n2)cc1. The smallest absolute Gasteiger partial charge is 0.221 e. The predicted octanol–water partition coefficient (Wildman–Crippen LogP) is 9.32. The van der Waals surface area contributed by atoms with Gasteiger partial charge in [-0.2, -0.15) is 0 Å². The molecule has 10 rings (SSSR count). The van der Waals surface area contributed by atoms with E-state index in [4.69, 9.17) is 24.9 Å². The van der Waals surface area contributed by atoms with E-state index in [-0.39, 0.29) is 0 Å². The Labute approximate surface area is 274 Å². The number of imidazole rings is 1. The van der Waals surface area contributed by atoms with E-state index in [9.17, 15) is 0 Å². The molecule has 0 fully saturated rings. The Morgan fingerprint density at radius 1 is 0.354 bits per heavy atom. The first-order valence-corrected chi connectivity index (χ1v) is 15.9. The molecule has 0 aliphatic heterocycles. The second kappa shape index (κ2) is 10.4. The lowest BCUT2D eigenvalue weighted by atomic mass is 10.1. The van der Waals surface area contributed by atoms with Crippen LogP contribution in [0.15, 0.2) is 152 Å². The highest BCUT2D eigenvalue weighted by Crippen LogP contribution is 2.36. The number of rotatable bonds is 4. The van der Waals surface area contributed by atoms with E-state index in [1.54, 1.807) is 0 Å². The maximum atomic E-state index is 5.29. The third kappa shape index (κ3) is 4.04. The van der Waals surface area contributed by atoms with Gasteiger partial charge in [0.1, 0.15) is 5.65 Å². The molecule has 0 atom stereocenters. The molecule has 0 bridgehead atoms. The van der Waals surface area contributed by atoms with Crippen LogP contribution in [0.4, 0.5) is 0 Å². The van der Waals surface area contributed by atoms with Gasteiger partial charge < -0.3 is 0 Å². The highest BCUT2D eigenvalue weighted by atomic mass is 15.2. The van der Waals surface area contributed by atoms with Crippen molar-refractivity contribution in [2.75, 3.05) is 0 Å². The van der Waals surface area contributed by atoms with Crippen molar-refractivity contribution in [3.8, 4) is 40.1 Å². The number of hydrogen-bond donors (Lipinski definition) is 0. The molecule has 0 radical (unpaired) electrons.